The first-order chi connectivity index (χ1) is 16.4. The van der Waals surface area contributed by atoms with Gasteiger partial charge in [0.05, 0.1) is 11.3 Å². The van der Waals surface area contributed by atoms with E-state index in [0.29, 0.717) is 34.9 Å². The highest BCUT2D eigenvalue weighted by atomic mass is 19.4. The molecular weight excluding hydrogens is 443 g/mol. The van der Waals surface area contributed by atoms with Crippen molar-refractivity contribution in [1.82, 2.24) is 20.0 Å². The Morgan fingerprint density at radius 3 is 2.53 bits per heavy atom. The number of halogens is 3. The van der Waals surface area contributed by atoms with Gasteiger partial charge in [-0.3, -0.25) is 0 Å². The van der Waals surface area contributed by atoms with Gasteiger partial charge in [-0.1, -0.05) is 47.7 Å². The van der Waals surface area contributed by atoms with E-state index in [1.54, 1.807) is 18.3 Å². The second kappa shape index (κ2) is 10.0. The summed E-state index contributed by atoms with van der Waals surface area (Å²) >= 11 is 0. The van der Waals surface area contributed by atoms with Crippen LogP contribution in [0, 0.1) is 0 Å². The lowest BCUT2D eigenvalue weighted by Crippen LogP contribution is -2.08. The third kappa shape index (κ3) is 5.26. The number of anilines is 1. The van der Waals surface area contributed by atoms with Crippen LogP contribution in [-0.4, -0.2) is 26.6 Å². The van der Waals surface area contributed by atoms with Gasteiger partial charge in [-0.05, 0) is 43.7 Å². The minimum atomic E-state index is -4.46. The largest absolute Gasteiger partial charge is 0.416 e. The van der Waals surface area contributed by atoms with Crippen LogP contribution in [0.3, 0.4) is 0 Å². The molecule has 0 aliphatic carbocycles. The lowest BCUT2D eigenvalue weighted by molar-refractivity contribution is -0.137. The van der Waals surface area contributed by atoms with Gasteiger partial charge in [0.15, 0.2) is 0 Å². The SMILES string of the molecule is CCOCn1nnc(-c2ccnc(NC(C)c3ccccc3)c2)c1-c1cccc(C(F)(F)F)c1. The quantitative estimate of drug-likeness (QED) is 0.335. The number of nitrogens with one attached hydrogen (secondary N) is 1. The van der Waals surface area contributed by atoms with Crippen LogP contribution in [0.15, 0.2) is 72.9 Å². The topological polar surface area (TPSA) is 64.9 Å². The molecule has 176 valence electrons. The molecule has 0 amide bonds. The molecule has 0 radical (unpaired) electrons. The van der Waals surface area contributed by atoms with E-state index in [2.05, 4.69) is 20.6 Å². The van der Waals surface area contributed by atoms with Gasteiger partial charge in [0.1, 0.15) is 18.2 Å². The van der Waals surface area contributed by atoms with E-state index in [9.17, 15) is 13.2 Å². The van der Waals surface area contributed by atoms with E-state index in [1.807, 2.05) is 50.2 Å². The van der Waals surface area contributed by atoms with Gasteiger partial charge >= 0.3 is 6.18 Å². The van der Waals surface area contributed by atoms with E-state index >= 15 is 0 Å². The van der Waals surface area contributed by atoms with Gasteiger partial charge in [-0.15, -0.1) is 5.10 Å². The molecule has 6 nitrogen and oxygen atoms in total. The maximum Gasteiger partial charge on any atom is 0.416 e. The highest BCUT2D eigenvalue weighted by Crippen LogP contribution is 2.36. The Balaban J connectivity index is 1.73. The predicted octanol–water partition coefficient (Wildman–Crippen LogP) is 6.19. The molecule has 4 rings (SSSR count). The summed E-state index contributed by atoms with van der Waals surface area (Å²) in [5.74, 6) is 0.614. The summed E-state index contributed by atoms with van der Waals surface area (Å²) in [6, 6.07) is 18.6. The van der Waals surface area contributed by atoms with Crippen molar-refractivity contribution in [3.05, 3.63) is 84.1 Å². The first-order valence-electron chi connectivity index (χ1n) is 10.8. The molecule has 1 N–H and O–H groups in total. The Kier molecular flexibility index (Phi) is 6.93. The van der Waals surface area contributed by atoms with E-state index in [0.717, 1.165) is 17.7 Å². The number of benzene rings is 2. The van der Waals surface area contributed by atoms with Crippen LogP contribution in [0.1, 0.15) is 31.0 Å². The predicted molar refractivity (Wildman–Crippen MR) is 124 cm³/mol. The minimum absolute atomic E-state index is 0.000485. The molecule has 2 aromatic heterocycles. The van der Waals surface area contributed by atoms with E-state index < -0.39 is 11.7 Å². The number of hydrogen-bond donors (Lipinski definition) is 1. The maximum absolute atomic E-state index is 13.4. The van der Waals surface area contributed by atoms with Crippen molar-refractivity contribution in [1.29, 1.82) is 0 Å². The molecular formula is C25H24F3N5O. The molecule has 34 heavy (non-hydrogen) atoms. The Labute approximate surface area is 195 Å². The van der Waals surface area contributed by atoms with Gasteiger partial charge in [0, 0.05) is 30.0 Å². The fourth-order valence-corrected chi connectivity index (χ4v) is 3.61. The molecule has 0 fully saturated rings. The van der Waals surface area contributed by atoms with Crippen LogP contribution in [0.2, 0.25) is 0 Å². The van der Waals surface area contributed by atoms with E-state index in [1.165, 1.54) is 10.7 Å². The van der Waals surface area contributed by atoms with Crippen molar-refractivity contribution >= 4 is 5.82 Å². The Hall–Kier alpha value is -3.72. The molecule has 0 aliphatic rings. The summed E-state index contributed by atoms with van der Waals surface area (Å²) in [4.78, 5) is 4.40. The highest BCUT2D eigenvalue weighted by molar-refractivity contribution is 5.79. The molecule has 0 saturated carbocycles. The Morgan fingerprint density at radius 1 is 1.00 bits per heavy atom. The fraction of sp³-hybridized carbons (Fsp3) is 0.240. The van der Waals surface area contributed by atoms with Crippen molar-refractivity contribution in [3.8, 4) is 22.5 Å². The molecule has 2 aromatic carbocycles. The van der Waals surface area contributed by atoms with Gasteiger partial charge in [0.25, 0.3) is 0 Å². The standard InChI is InChI=1S/C25H24F3N5O/c1-3-34-16-33-24(20-10-7-11-21(14-20)25(26,27)28)23(31-32-33)19-12-13-29-22(15-19)30-17(2)18-8-5-4-6-9-18/h4-15,17H,3,16H2,1-2H3,(H,29,30). The first-order valence-corrected chi connectivity index (χ1v) is 10.8. The molecule has 0 aliphatic heterocycles. The normalized spacial score (nSPS) is 12.5. The van der Waals surface area contributed by atoms with Gasteiger partial charge < -0.3 is 10.1 Å². The number of rotatable bonds is 8. The average Bonchev–Trinajstić information content (AvgIpc) is 3.27. The number of ether oxygens (including phenoxy) is 1. The average molecular weight is 467 g/mol. The highest BCUT2D eigenvalue weighted by Gasteiger charge is 2.31. The van der Waals surface area contributed by atoms with Gasteiger partial charge in [-0.2, -0.15) is 13.2 Å². The zero-order chi connectivity index (χ0) is 24.1. The number of pyridine rings is 1. The molecule has 0 spiro atoms. The summed E-state index contributed by atoms with van der Waals surface area (Å²) < 4.78 is 47.0. The number of hydrogen-bond acceptors (Lipinski definition) is 5. The monoisotopic (exact) mass is 467 g/mol. The summed E-state index contributed by atoms with van der Waals surface area (Å²) in [5, 5.41) is 11.8. The summed E-state index contributed by atoms with van der Waals surface area (Å²) in [5.41, 5.74) is 2.26. The molecule has 1 atom stereocenters. The van der Waals surface area contributed by atoms with E-state index in [4.69, 9.17) is 4.74 Å². The molecule has 0 bridgehead atoms. The first kappa shape index (κ1) is 23.4. The third-order valence-corrected chi connectivity index (χ3v) is 5.31. The number of alkyl halides is 3. The molecule has 4 aromatic rings. The number of nitrogens with zero attached hydrogens (tertiary/aromatic N) is 4. The van der Waals surface area contributed by atoms with Crippen LogP contribution in [0.5, 0.6) is 0 Å². The van der Waals surface area contributed by atoms with Crippen LogP contribution in [-0.2, 0) is 17.6 Å². The summed E-state index contributed by atoms with van der Waals surface area (Å²) in [7, 11) is 0. The van der Waals surface area contributed by atoms with Crippen LogP contribution in [0.25, 0.3) is 22.5 Å². The van der Waals surface area contributed by atoms with Crippen molar-refractivity contribution in [2.75, 3.05) is 11.9 Å². The third-order valence-electron chi connectivity index (χ3n) is 5.31. The second-order valence-corrected chi connectivity index (χ2v) is 7.69. The zero-order valence-corrected chi connectivity index (χ0v) is 18.8. The van der Waals surface area contributed by atoms with Crippen LogP contribution >= 0.6 is 0 Å². The van der Waals surface area contributed by atoms with Crippen molar-refractivity contribution in [3.63, 3.8) is 0 Å². The Morgan fingerprint density at radius 2 is 1.79 bits per heavy atom. The van der Waals surface area contributed by atoms with Crippen molar-refractivity contribution < 1.29 is 17.9 Å². The fourth-order valence-electron chi connectivity index (χ4n) is 3.61. The molecule has 1 unspecified atom stereocenters. The number of aromatic nitrogens is 4. The van der Waals surface area contributed by atoms with Crippen LogP contribution in [0.4, 0.5) is 19.0 Å². The second-order valence-electron chi connectivity index (χ2n) is 7.69. The smallest absolute Gasteiger partial charge is 0.364 e. The van der Waals surface area contributed by atoms with Crippen molar-refractivity contribution in [2.24, 2.45) is 0 Å². The van der Waals surface area contributed by atoms with Crippen LogP contribution < -0.4 is 5.32 Å². The van der Waals surface area contributed by atoms with Gasteiger partial charge in [-0.25, -0.2) is 9.67 Å². The molecule has 2 heterocycles. The molecule has 9 heteroatoms. The minimum Gasteiger partial charge on any atom is -0.364 e. The maximum atomic E-state index is 13.4. The summed E-state index contributed by atoms with van der Waals surface area (Å²) in [6.45, 7) is 4.35. The van der Waals surface area contributed by atoms with Gasteiger partial charge in [0.2, 0.25) is 0 Å². The Bertz CT molecular complexity index is 1240. The summed E-state index contributed by atoms with van der Waals surface area (Å²) in [6.07, 6.45) is -2.83. The van der Waals surface area contributed by atoms with E-state index in [-0.39, 0.29) is 12.8 Å². The van der Waals surface area contributed by atoms with Crippen molar-refractivity contribution in [2.45, 2.75) is 32.8 Å². The lowest BCUT2D eigenvalue weighted by Gasteiger charge is -2.15. The lowest BCUT2D eigenvalue weighted by atomic mass is 10.0. The molecule has 0 saturated heterocycles. The zero-order valence-electron chi connectivity index (χ0n) is 18.8.